The number of carbonyl (C=O) groups excluding carboxylic acids is 1. The summed E-state index contributed by atoms with van der Waals surface area (Å²) in [6.45, 7) is 2.10. The van der Waals surface area contributed by atoms with E-state index in [-0.39, 0.29) is 29.5 Å². The summed E-state index contributed by atoms with van der Waals surface area (Å²) < 4.78 is 39.6. The molecule has 8 nitrogen and oxygen atoms in total. The van der Waals surface area contributed by atoms with Crippen LogP contribution in [0.15, 0.2) is 107 Å². The fourth-order valence-electron chi connectivity index (χ4n) is 3.99. The van der Waals surface area contributed by atoms with Gasteiger partial charge in [0.1, 0.15) is 0 Å². The zero-order valence-corrected chi connectivity index (χ0v) is 21.4. The van der Waals surface area contributed by atoms with Gasteiger partial charge in [-0.2, -0.15) is 5.10 Å². The third kappa shape index (κ3) is 5.37. The highest BCUT2D eigenvalue weighted by Gasteiger charge is 2.28. The van der Waals surface area contributed by atoms with E-state index >= 15 is 0 Å². The molecule has 192 valence electrons. The summed E-state index contributed by atoms with van der Waals surface area (Å²) in [4.78, 5) is 13.4. The highest BCUT2D eigenvalue weighted by molar-refractivity contribution is 7.92. The summed E-state index contributed by atoms with van der Waals surface area (Å²) in [5.41, 5.74) is 5.35. The highest BCUT2D eigenvalue weighted by atomic mass is 32.2. The molecule has 1 aliphatic rings. The summed E-state index contributed by atoms with van der Waals surface area (Å²) in [6, 6.07) is 27.7. The number of fused-ring (bicyclic) bond motifs is 1. The van der Waals surface area contributed by atoms with Crippen molar-refractivity contribution in [3.05, 3.63) is 119 Å². The smallest absolute Gasteiger partial charge is 0.273 e. The lowest BCUT2D eigenvalue weighted by atomic mass is 10.1. The molecule has 0 aliphatic carbocycles. The molecule has 0 spiro atoms. The lowest BCUT2D eigenvalue weighted by Crippen LogP contribution is -2.33. The third-order valence-electron chi connectivity index (χ3n) is 5.97. The molecule has 0 radical (unpaired) electrons. The van der Waals surface area contributed by atoms with Crippen molar-refractivity contribution >= 4 is 27.8 Å². The van der Waals surface area contributed by atoms with Crippen LogP contribution in [-0.2, 0) is 16.6 Å². The fourth-order valence-corrected chi connectivity index (χ4v) is 5.46. The number of hydrogen-bond donors (Lipinski definition) is 1. The quantitative estimate of drug-likeness (QED) is 0.260. The average molecular weight is 528 g/mol. The number of anilines is 1. The first kappa shape index (κ1) is 25.0. The molecular formula is C29H25N3O5S. The predicted octanol–water partition coefficient (Wildman–Crippen LogP) is 4.88. The first-order chi connectivity index (χ1) is 18.4. The van der Waals surface area contributed by atoms with E-state index in [1.165, 1.54) is 10.5 Å². The minimum absolute atomic E-state index is 0.0435. The molecule has 4 aromatic carbocycles. The second kappa shape index (κ2) is 10.8. The number of hydrogen-bond acceptors (Lipinski definition) is 6. The van der Waals surface area contributed by atoms with Gasteiger partial charge < -0.3 is 9.47 Å². The van der Waals surface area contributed by atoms with Gasteiger partial charge in [0, 0.05) is 0 Å². The van der Waals surface area contributed by atoms with Crippen LogP contribution >= 0.6 is 0 Å². The van der Waals surface area contributed by atoms with Crippen molar-refractivity contribution in [1.29, 1.82) is 0 Å². The van der Waals surface area contributed by atoms with Crippen molar-refractivity contribution in [3.8, 4) is 11.5 Å². The van der Waals surface area contributed by atoms with Gasteiger partial charge in [0.05, 0.1) is 28.9 Å². The van der Waals surface area contributed by atoms with Crippen LogP contribution in [0.3, 0.4) is 0 Å². The number of amides is 1. The van der Waals surface area contributed by atoms with Gasteiger partial charge in [0.25, 0.3) is 15.9 Å². The van der Waals surface area contributed by atoms with Gasteiger partial charge in [-0.1, -0.05) is 60.2 Å². The largest absolute Gasteiger partial charge is 0.454 e. The molecule has 0 fully saturated rings. The standard InChI is InChI=1S/C29H25N3O5S/c1-21-11-14-24(15-12-21)38(34,35)32(19-22-7-3-2-4-8-22)26-10-6-5-9-25(26)29(33)31-30-18-23-13-16-27-28(17-23)37-20-36-27/h2-18H,19-20H2,1H3,(H,31,33). The maximum atomic E-state index is 13.9. The Balaban J connectivity index is 1.46. The summed E-state index contributed by atoms with van der Waals surface area (Å²) in [5.74, 6) is 0.701. The number of carbonyl (C=O) groups is 1. The van der Waals surface area contributed by atoms with Crippen LogP contribution in [0.5, 0.6) is 11.5 Å². The van der Waals surface area contributed by atoms with Crippen LogP contribution < -0.4 is 19.2 Å². The molecule has 0 aromatic heterocycles. The van der Waals surface area contributed by atoms with E-state index in [9.17, 15) is 13.2 Å². The van der Waals surface area contributed by atoms with E-state index in [1.807, 2.05) is 37.3 Å². The van der Waals surface area contributed by atoms with Crippen LogP contribution in [0.4, 0.5) is 5.69 Å². The van der Waals surface area contributed by atoms with E-state index in [0.29, 0.717) is 17.1 Å². The van der Waals surface area contributed by atoms with E-state index in [2.05, 4.69) is 10.5 Å². The normalized spacial score (nSPS) is 12.4. The van der Waals surface area contributed by atoms with Gasteiger partial charge in [-0.15, -0.1) is 0 Å². The van der Waals surface area contributed by atoms with Crippen LogP contribution in [0, 0.1) is 6.92 Å². The van der Waals surface area contributed by atoms with Gasteiger partial charge in [0.2, 0.25) is 6.79 Å². The number of sulfonamides is 1. The lowest BCUT2D eigenvalue weighted by Gasteiger charge is -2.26. The maximum Gasteiger partial charge on any atom is 0.273 e. The molecule has 1 amide bonds. The first-order valence-corrected chi connectivity index (χ1v) is 13.3. The first-order valence-electron chi connectivity index (χ1n) is 11.9. The molecule has 9 heteroatoms. The Kier molecular flexibility index (Phi) is 7.10. The Morgan fingerprint density at radius 3 is 2.42 bits per heavy atom. The van der Waals surface area contributed by atoms with Crippen molar-refractivity contribution in [1.82, 2.24) is 5.43 Å². The van der Waals surface area contributed by atoms with Crippen LogP contribution in [0.25, 0.3) is 0 Å². The SMILES string of the molecule is Cc1ccc(S(=O)(=O)N(Cc2ccccc2)c2ccccc2C(=O)NN=Cc2ccc3c(c2)OCO3)cc1. The van der Waals surface area contributed by atoms with Crippen molar-refractivity contribution in [2.24, 2.45) is 5.10 Å². The third-order valence-corrected chi connectivity index (χ3v) is 7.75. The molecule has 5 rings (SSSR count). The molecule has 0 bridgehead atoms. The molecule has 1 N–H and O–H groups in total. The van der Waals surface area contributed by atoms with Crippen molar-refractivity contribution in [3.63, 3.8) is 0 Å². The minimum atomic E-state index is -4.01. The second-order valence-electron chi connectivity index (χ2n) is 8.64. The average Bonchev–Trinajstić information content (AvgIpc) is 3.40. The van der Waals surface area contributed by atoms with Gasteiger partial charge in [0.15, 0.2) is 11.5 Å². The number of rotatable bonds is 8. The molecule has 0 saturated heterocycles. The van der Waals surface area contributed by atoms with E-state index in [4.69, 9.17) is 9.47 Å². The monoisotopic (exact) mass is 527 g/mol. The Bertz CT molecular complexity index is 1590. The number of nitrogens with zero attached hydrogens (tertiary/aromatic N) is 2. The Labute approximate surface area is 221 Å². The summed E-state index contributed by atoms with van der Waals surface area (Å²) in [6.07, 6.45) is 1.48. The van der Waals surface area contributed by atoms with Crippen molar-refractivity contribution < 1.29 is 22.7 Å². The van der Waals surface area contributed by atoms with E-state index < -0.39 is 15.9 Å². The second-order valence-corrected chi connectivity index (χ2v) is 10.5. The maximum absolute atomic E-state index is 13.9. The highest BCUT2D eigenvalue weighted by Crippen LogP contribution is 2.32. The zero-order valence-electron chi connectivity index (χ0n) is 20.6. The van der Waals surface area contributed by atoms with Gasteiger partial charge >= 0.3 is 0 Å². The summed E-state index contributed by atoms with van der Waals surface area (Å²) in [7, 11) is -4.01. The molecule has 38 heavy (non-hydrogen) atoms. The van der Waals surface area contributed by atoms with E-state index in [0.717, 1.165) is 11.1 Å². The Hall–Kier alpha value is -4.63. The Morgan fingerprint density at radius 1 is 0.921 bits per heavy atom. The number of hydrazone groups is 1. The van der Waals surface area contributed by atoms with Crippen LogP contribution in [0.1, 0.15) is 27.0 Å². The minimum Gasteiger partial charge on any atom is -0.454 e. The number of ether oxygens (including phenoxy) is 2. The molecule has 0 unspecified atom stereocenters. The topological polar surface area (TPSA) is 97.3 Å². The number of para-hydroxylation sites is 1. The molecule has 0 saturated carbocycles. The van der Waals surface area contributed by atoms with Gasteiger partial charge in [-0.25, -0.2) is 13.8 Å². The van der Waals surface area contributed by atoms with Crippen LogP contribution in [0.2, 0.25) is 0 Å². The lowest BCUT2D eigenvalue weighted by molar-refractivity contribution is 0.0955. The number of nitrogens with one attached hydrogen (secondary N) is 1. The molecule has 1 aliphatic heterocycles. The predicted molar refractivity (Wildman–Crippen MR) is 145 cm³/mol. The molecular weight excluding hydrogens is 502 g/mol. The molecule has 4 aromatic rings. The van der Waals surface area contributed by atoms with Crippen LogP contribution in [-0.4, -0.2) is 27.3 Å². The van der Waals surface area contributed by atoms with E-state index in [1.54, 1.807) is 66.7 Å². The van der Waals surface area contributed by atoms with Crippen molar-refractivity contribution in [2.45, 2.75) is 18.4 Å². The number of aryl methyl sites for hydroxylation is 1. The Morgan fingerprint density at radius 2 is 1.63 bits per heavy atom. The summed E-state index contributed by atoms with van der Waals surface area (Å²) >= 11 is 0. The molecule has 0 atom stereocenters. The van der Waals surface area contributed by atoms with Gasteiger partial charge in [-0.05, 0) is 60.5 Å². The fraction of sp³-hybridized carbons (Fsp3) is 0.103. The van der Waals surface area contributed by atoms with Gasteiger partial charge in [-0.3, -0.25) is 9.10 Å². The molecule has 1 heterocycles. The van der Waals surface area contributed by atoms with Crippen molar-refractivity contribution in [2.75, 3.05) is 11.1 Å². The zero-order chi connectivity index (χ0) is 26.5. The number of benzene rings is 4. The summed E-state index contributed by atoms with van der Waals surface area (Å²) in [5, 5.41) is 4.07.